The van der Waals surface area contributed by atoms with Gasteiger partial charge in [-0.1, -0.05) is 12.1 Å². The number of ether oxygens (including phenoxy) is 1. The minimum atomic E-state index is 0.128. The van der Waals surface area contributed by atoms with E-state index in [1.54, 1.807) is 13.3 Å². The topological polar surface area (TPSA) is 57.7 Å². The number of nitrogens with one attached hydrogen (secondary N) is 1. The van der Waals surface area contributed by atoms with E-state index >= 15 is 0 Å². The molecule has 0 spiro atoms. The van der Waals surface area contributed by atoms with Crippen molar-refractivity contribution in [1.29, 1.82) is 0 Å². The fraction of sp³-hybridized carbons (Fsp3) is 0.478. The van der Waals surface area contributed by atoms with Crippen molar-refractivity contribution in [3.63, 3.8) is 0 Å². The van der Waals surface area contributed by atoms with Crippen LogP contribution in [0.15, 0.2) is 42.6 Å². The summed E-state index contributed by atoms with van der Waals surface area (Å²) in [6.45, 7) is 3.07. The van der Waals surface area contributed by atoms with Crippen molar-refractivity contribution in [2.24, 2.45) is 5.92 Å². The molecule has 0 radical (unpaired) electrons. The Morgan fingerprint density at radius 2 is 1.90 bits per heavy atom. The van der Waals surface area contributed by atoms with E-state index in [1.165, 1.54) is 18.4 Å². The predicted molar refractivity (Wildman–Crippen MR) is 112 cm³/mol. The number of carbonyl (C=O) groups is 1. The Hall–Kier alpha value is -2.60. The third-order valence-electron chi connectivity index (χ3n) is 7.06. The van der Waals surface area contributed by atoms with Gasteiger partial charge in [-0.2, -0.15) is 0 Å². The summed E-state index contributed by atoms with van der Waals surface area (Å²) >= 11 is 0. The molecule has 4 saturated heterocycles. The van der Waals surface area contributed by atoms with Gasteiger partial charge >= 0.3 is 0 Å². The molecule has 1 amide bonds. The molecule has 4 aliphatic rings. The number of benzene rings is 1. The molecule has 6 heteroatoms. The molecule has 1 aromatic heterocycles. The summed E-state index contributed by atoms with van der Waals surface area (Å²) < 4.78 is 5.34. The zero-order valence-corrected chi connectivity index (χ0v) is 17.0. The molecule has 6 nitrogen and oxygen atoms in total. The van der Waals surface area contributed by atoms with Crippen LogP contribution in [0.5, 0.6) is 5.75 Å². The van der Waals surface area contributed by atoms with Gasteiger partial charge in [-0.25, -0.2) is 4.98 Å². The lowest BCUT2D eigenvalue weighted by atomic mass is 9.75. The van der Waals surface area contributed by atoms with Gasteiger partial charge in [0.1, 0.15) is 11.6 Å². The van der Waals surface area contributed by atoms with E-state index in [0.717, 1.165) is 36.8 Å². The van der Waals surface area contributed by atoms with Gasteiger partial charge in [-0.05, 0) is 61.7 Å². The number of hydrogen-bond donors (Lipinski definition) is 1. The zero-order valence-electron chi connectivity index (χ0n) is 17.0. The lowest BCUT2D eigenvalue weighted by Gasteiger charge is -2.51. The molecule has 0 unspecified atom stereocenters. The van der Waals surface area contributed by atoms with Crippen molar-refractivity contribution in [3.05, 3.63) is 53.7 Å². The minimum absolute atomic E-state index is 0.128. The van der Waals surface area contributed by atoms with E-state index in [4.69, 9.17) is 4.74 Å². The number of aromatic nitrogens is 1. The van der Waals surface area contributed by atoms with Crippen LogP contribution in [0, 0.1) is 5.92 Å². The molecular weight excluding hydrogens is 364 g/mol. The van der Waals surface area contributed by atoms with E-state index in [1.807, 2.05) is 31.3 Å². The number of hydrogen-bond acceptors (Lipinski definition) is 5. The Morgan fingerprint density at radius 1 is 1.14 bits per heavy atom. The first-order chi connectivity index (χ1) is 14.2. The second-order valence-corrected chi connectivity index (χ2v) is 8.37. The summed E-state index contributed by atoms with van der Waals surface area (Å²) in [6.07, 6.45) is 4.10. The molecule has 152 valence electrons. The first kappa shape index (κ1) is 18.4. The quantitative estimate of drug-likeness (QED) is 0.867. The van der Waals surface area contributed by atoms with Crippen LogP contribution in [0.25, 0.3) is 0 Å². The van der Waals surface area contributed by atoms with Gasteiger partial charge in [0.25, 0.3) is 5.91 Å². The molecule has 1 aromatic carbocycles. The number of amides is 1. The smallest absolute Gasteiger partial charge is 0.254 e. The van der Waals surface area contributed by atoms with Gasteiger partial charge in [0.05, 0.1) is 13.2 Å². The van der Waals surface area contributed by atoms with Gasteiger partial charge in [0.15, 0.2) is 0 Å². The summed E-state index contributed by atoms with van der Waals surface area (Å²) in [6, 6.07) is 12.8. The average Bonchev–Trinajstić information content (AvgIpc) is 3.22. The van der Waals surface area contributed by atoms with Crippen LogP contribution in [0.3, 0.4) is 0 Å². The van der Waals surface area contributed by atoms with Crippen LogP contribution in [0.4, 0.5) is 5.82 Å². The molecule has 5 heterocycles. The Morgan fingerprint density at radius 3 is 2.59 bits per heavy atom. The van der Waals surface area contributed by atoms with Crippen molar-refractivity contribution in [3.8, 4) is 5.75 Å². The van der Waals surface area contributed by atoms with E-state index in [9.17, 15) is 4.79 Å². The van der Waals surface area contributed by atoms with Gasteiger partial charge in [0, 0.05) is 37.3 Å². The van der Waals surface area contributed by atoms with Gasteiger partial charge < -0.3 is 15.0 Å². The highest BCUT2D eigenvalue weighted by atomic mass is 16.5. The summed E-state index contributed by atoms with van der Waals surface area (Å²) in [5.74, 6) is 2.67. The molecule has 2 aromatic rings. The van der Waals surface area contributed by atoms with Crippen molar-refractivity contribution in [1.82, 2.24) is 14.8 Å². The highest BCUT2D eigenvalue weighted by Gasteiger charge is 2.54. The number of rotatable bonds is 4. The monoisotopic (exact) mass is 392 g/mol. The predicted octanol–water partition coefficient (Wildman–Crippen LogP) is 2.83. The second-order valence-electron chi connectivity index (χ2n) is 8.37. The summed E-state index contributed by atoms with van der Waals surface area (Å²) in [5, 5.41) is 3.04. The number of piperidine rings is 3. The van der Waals surface area contributed by atoms with Crippen LogP contribution in [0.1, 0.15) is 34.7 Å². The number of pyridine rings is 1. The second kappa shape index (κ2) is 7.34. The fourth-order valence-electron chi connectivity index (χ4n) is 5.67. The van der Waals surface area contributed by atoms with Crippen molar-refractivity contribution in [2.75, 3.05) is 39.1 Å². The first-order valence-corrected chi connectivity index (χ1v) is 10.5. The Bertz CT molecular complexity index is 892. The number of methoxy groups -OCH3 is 1. The molecule has 0 saturated carbocycles. The summed E-state index contributed by atoms with van der Waals surface area (Å²) in [7, 11) is 3.52. The van der Waals surface area contributed by atoms with Gasteiger partial charge in [-0.15, -0.1) is 0 Å². The van der Waals surface area contributed by atoms with E-state index in [2.05, 4.69) is 32.2 Å². The standard InChI is InChI=1S/C23H28N4O2/c1-24-20-13-17(7-10-25-20)23(28)27-14-19(15-3-5-18(29-2)6-4-15)22-21(27)16-8-11-26(22)12-9-16/h3-7,10,13,16,19,21-22H,8-9,11-12,14H2,1-2H3,(H,24,25)/t19-,21+,22+/m1/s1. The third-order valence-corrected chi connectivity index (χ3v) is 7.06. The number of anilines is 1. The Labute approximate surface area is 171 Å². The first-order valence-electron chi connectivity index (χ1n) is 10.5. The Balaban J connectivity index is 1.49. The van der Waals surface area contributed by atoms with Crippen molar-refractivity contribution < 1.29 is 9.53 Å². The highest BCUT2D eigenvalue weighted by Crippen LogP contribution is 2.47. The minimum Gasteiger partial charge on any atom is -0.497 e. The van der Waals surface area contributed by atoms with Crippen LogP contribution in [0.2, 0.25) is 0 Å². The van der Waals surface area contributed by atoms with Crippen LogP contribution >= 0.6 is 0 Å². The number of carbonyl (C=O) groups excluding carboxylic acids is 1. The largest absolute Gasteiger partial charge is 0.497 e. The average molecular weight is 393 g/mol. The van der Waals surface area contributed by atoms with Gasteiger partial charge in [0.2, 0.25) is 0 Å². The molecule has 4 aliphatic heterocycles. The van der Waals surface area contributed by atoms with E-state index in [-0.39, 0.29) is 5.91 Å². The number of fused-ring (bicyclic) bond motifs is 2. The maximum absolute atomic E-state index is 13.6. The van der Waals surface area contributed by atoms with E-state index in [0.29, 0.717) is 23.9 Å². The Kier molecular flexibility index (Phi) is 4.66. The highest BCUT2D eigenvalue weighted by molar-refractivity contribution is 5.95. The molecule has 6 rings (SSSR count). The number of nitrogens with zero attached hydrogens (tertiary/aromatic N) is 3. The van der Waals surface area contributed by atoms with Crippen molar-refractivity contribution >= 4 is 11.7 Å². The molecular formula is C23H28N4O2. The van der Waals surface area contributed by atoms with Crippen LogP contribution < -0.4 is 10.1 Å². The third kappa shape index (κ3) is 3.06. The van der Waals surface area contributed by atoms with Crippen LogP contribution in [-0.2, 0) is 0 Å². The van der Waals surface area contributed by atoms with Crippen molar-refractivity contribution in [2.45, 2.75) is 30.8 Å². The maximum atomic E-state index is 13.6. The SMILES string of the molecule is CNc1cc(C(=O)N2C[C@H](c3ccc(OC)cc3)[C@H]3[C@@H]2C2CCN3CC2)ccn1. The normalized spacial score (nSPS) is 30.1. The summed E-state index contributed by atoms with van der Waals surface area (Å²) in [4.78, 5) is 22.6. The fourth-order valence-corrected chi connectivity index (χ4v) is 5.67. The maximum Gasteiger partial charge on any atom is 0.254 e. The lowest BCUT2D eigenvalue weighted by molar-refractivity contribution is -0.00340. The molecule has 3 atom stereocenters. The molecule has 1 N–H and O–H groups in total. The molecule has 2 bridgehead atoms. The molecule has 0 aliphatic carbocycles. The van der Waals surface area contributed by atoms with Gasteiger partial charge in [-0.3, -0.25) is 9.69 Å². The number of likely N-dealkylation sites (tertiary alicyclic amines) is 1. The van der Waals surface area contributed by atoms with E-state index < -0.39 is 0 Å². The zero-order chi connectivity index (χ0) is 20.0. The van der Waals surface area contributed by atoms with Crippen LogP contribution in [-0.4, -0.2) is 66.6 Å². The lowest BCUT2D eigenvalue weighted by Crippen LogP contribution is -2.60. The summed E-state index contributed by atoms with van der Waals surface area (Å²) in [5.41, 5.74) is 2.02. The molecule has 4 fully saturated rings. The molecule has 29 heavy (non-hydrogen) atoms.